The third-order valence-electron chi connectivity index (χ3n) is 5.04. The minimum absolute atomic E-state index is 0.0579. The molecule has 1 amide bonds. The molecule has 0 spiro atoms. The molecule has 1 aliphatic rings. The molecule has 1 aromatic carbocycles. The molecule has 3 aromatic rings. The maximum absolute atomic E-state index is 12.9. The molecule has 1 fully saturated rings. The van der Waals surface area contributed by atoms with Gasteiger partial charge < -0.3 is 5.32 Å². The van der Waals surface area contributed by atoms with E-state index in [0.717, 1.165) is 41.9 Å². The Morgan fingerprint density at radius 1 is 1.20 bits per heavy atom. The van der Waals surface area contributed by atoms with Gasteiger partial charge in [-0.1, -0.05) is 24.3 Å². The number of amides is 1. The van der Waals surface area contributed by atoms with Crippen molar-refractivity contribution in [3.8, 4) is 9.88 Å². The Bertz CT molecular complexity index is 993. The summed E-state index contributed by atoms with van der Waals surface area (Å²) in [5, 5.41) is 5.88. The number of aromatic nitrogens is 1. The van der Waals surface area contributed by atoms with Crippen molar-refractivity contribution in [2.45, 2.75) is 31.6 Å². The van der Waals surface area contributed by atoms with Crippen molar-refractivity contribution in [1.82, 2.24) is 15.2 Å². The summed E-state index contributed by atoms with van der Waals surface area (Å²) >= 11 is 2.97. The first-order chi connectivity index (χ1) is 14.4. The smallest absolute Gasteiger partial charge is 0.348 e. The second-order valence-corrected chi connectivity index (χ2v) is 9.21. The minimum Gasteiger partial charge on any atom is -0.348 e. The molecule has 0 aliphatic carbocycles. The molecule has 0 saturated carbocycles. The Morgan fingerprint density at radius 3 is 2.70 bits per heavy atom. The van der Waals surface area contributed by atoms with E-state index >= 15 is 0 Å². The Kier molecular flexibility index (Phi) is 6.21. The summed E-state index contributed by atoms with van der Waals surface area (Å²) in [4.78, 5) is 20.6. The topological polar surface area (TPSA) is 45.2 Å². The van der Waals surface area contributed by atoms with Gasteiger partial charge >= 0.3 is 6.18 Å². The Balaban J connectivity index is 1.28. The Morgan fingerprint density at radius 2 is 2.00 bits per heavy atom. The van der Waals surface area contributed by atoms with Gasteiger partial charge in [0.2, 0.25) is 0 Å². The van der Waals surface area contributed by atoms with Crippen molar-refractivity contribution in [2.24, 2.45) is 0 Å². The van der Waals surface area contributed by atoms with Gasteiger partial charge in [0.15, 0.2) is 0 Å². The summed E-state index contributed by atoms with van der Waals surface area (Å²) in [5.74, 6) is -0.119. The lowest BCUT2D eigenvalue weighted by molar-refractivity contribution is -0.137. The van der Waals surface area contributed by atoms with Crippen LogP contribution in [0.4, 0.5) is 13.2 Å². The molecule has 158 valence electrons. The number of carbonyl (C=O) groups is 1. The molecule has 4 nitrogen and oxygen atoms in total. The number of nitrogens with zero attached hydrogens (tertiary/aromatic N) is 2. The van der Waals surface area contributed by atoms with E-state index < -0.39 is 11.7 Å². The fourth-order valence-corrected chi connectivity index (χ4v) is 5.11. The van der Waals surface area contributed by atoms with Crippen LogP contribution in [0.15, 0.2) is 48.0 Å². The highest BCUT2D eigenvalue weighted by Gasteiger charge is 2.30. The zero-order valence-electron chi connectivity index (χ0n) is 16.0. The van der Waals surface area contributed by atoms with Crippen LogP contribution < -0.4 is 5.32 Å². The number of nitrogens with one attached hydrogen (secondary N) is 1. The maximum Gasteiger partial charge on any atom is 0.416 e. The number of thiazole rings is 1. The van der Waals surface area contributed by atoms with E-state index in [2.05, 4.69) is 15.2 Å². The van der Waals surface area contributed by atoms with Crippen molar-refractivity contribution in [2.75, 3.05) is 13.1 Å². The second-order valence-electron chi connectivity index (χ2n) is 7.23. The summed E-state index contributed by atoms with van der Waals surface area (Å²) in [6.07, 6.45) is -1.19. The van der Waals surface area contributed by atoms with Gasteiger partial charge in [0.25, 0.3) is 5.91 Å². The number of hydrogen-bond acceptors (Lipinski definition) is 5. The normalized spacial score (nSPS) is 16.0. The Labute approximate surface area is 180 Å². The van der Waals surface area contributed by atoms with Crippen molar-refractivity contribution in [3.63, 3.8) is 0 Å². The third-order valence-corrected chi connectivity index (χ3v) is 7.08. The van der Waals surface area contributed by atoms with Crippen LogP contribution in [0.3, 0.4) is 0 Å². The van der Waals surface area contributed by atoms with Gasteiger partial charge in [-0.3, -0.25) is 9.69 Å². The van der Waals surface area contributed by atoms with Gasteiger partial charge in [0.05, 0.1) is 16.6 Å². The summed E-state index contributed by atoms with van der Waals surface area (Å²) in [7, 11) is 0. The number of piperidine rings is 1. The summed E-state index contributed by atoms with van der Waals surface area (Å²) in [5.41, 5.74) is 0.0340. The van der Waals surface area contributed by atoms with Crippen LogP contribution in [0.2, 0.25) is 0 Å². The Hall–Kier alpha value is -2.23. The third kappa shape index (κ3) is 5.08. The fraction of sp³-hybridized carbons (Fsp3) is 0.333. The van der Waals surface area contributed by atoms with Gasteiger partial charge in [-0.2, -0.15) is 13.2 Å². The van der Waals surface area contributed by atoms with E-state index in [1.54, 1.807) is 23.6 Å². The molecule has 1 saturated heterocycles. The average Bonchev–Trinajstić information content (AvgIpc) is 3.41. The van der Waals surface area contributed by atoms with E-state index in [1.807, 2.05) is 17.5 Å². The van der Waals surface area contributed by atoms with Gasteiger partial charge in [-0.25, -0.2) is 4.98 Å². The van der Waals surface area contributed by atoms with E-state index in [-0.39, 0.29) is 11.9 Å². The molecule has 9 heteroatoms. The van der Waals surface area contributed by atoms with Crippen LogP contribution in [0, 0.1) is 0 Å². The number of rotatable bonds is 5. The zero-order chi connectivity index (χ0) is 21.1. The molecule has 30 heavy (non-hydrogen) atoms. The van der Waals surface area contributed by atoms with Crippen LogP contribution in [0.25, 0.3) is 9.88 Å². The van der Waals surface area contributed by atoms with Gasteiger partial charge in [-0.05, 0) is 35.9 Å². The predicted octanol–water partition coefficient (Wildman–Crippen LogP) is 5.28. The number of halogens is 3. The maximum atomic E-state index is 12.9. The summed E-state index contributed by atoms with van der Waals surface area (Å²) in [6, 6.07) is 9.46. The van der Waals surface area contributed by atoms with Gasteiger partial charge in [0, 0.05) is 25.7 Å². The highest BCUT2D eigenvalue weighted by atomic mass is 32.1. The largest absolute Gasteiger partial charge is 0.416 e. The number of carbonyl (C=O) groups excluding carboxylic acids is 1. The molecule has 0 unspecified atom stereocenters. The number of likely N-dealkylation sites (tertiary alicyclic amines) is 1. The summed E-state index contributed by atoms with van der Waals surface area (Å²) in [6.45, 7) is 1.93. The fourth-order valence-electron chi connectivity index (χ4n) is 3.49. The first-order valence-corrected chi connectivity index (χ1v) is 11.3. The van der Waals surface area contributed by atoms with Crippen LogP contribution in [0.1, 0.15) is 33.6 Å². The average molecular weight is 452 g/mol. The van der Waals surface area contributed by atoms with Crippen molar-refractivity contribution < 1.29 is 18.0 Å². The van der Waals surface area contributed by atoms with Gasteiger partial charge in [0.1, 0.15) is 9.88 Å². The van der Waals surface area contributed by atoms with Crippen molar-refractivity contribution >= 4 is 28.6 Å². The van der Waals surface area contributed by atoms with Crippen LogP contribution in [-0.4, -0.2) is 34.9 Å². The van der Waals surface area contributed by atoms with E-state index in [9.17, 15) is 18.0 Å². The van der Waals surface area contributed by atoms with E-state index in [4.69, 9.17) is 0 Å². The molecule has 0 radical (unpaired) electrons. The minimum atomic E-state index is -4.33. The number of alkyl halides is 3. The van der Waals surface area contributed by atoms with Crippen molar-refractivity contribution in [1.29, 1.82) is 0 Å². The highest BCUT2D eigenvalue weighted by Crippen LogP contribution is 2.30. The lowest BCUT2D eigenvalue weighted by atomic mass is 10.0. The van der Waals surface area contributed by atoms with E-state index in [1.165, 1.54) is 23.5 Å². The lowest BCUT2D eigenvalue weighted by Gasteiger charge is -2.32. The first-order valence-electron chi connectivity index (χ1n) is 9.57. The standard InChI is InChI=1S/C21H20F3N3OS2/c22-21(23,24)15-4-1-3-14(11-15)13-27-8-6-16(7-9-27)26-19(28)18-12-25-20(30-18)17-5-2-10-29-17/h1-5,10-12,16H,6-9,13H2,(H,26,28). The highest BCUT2D eigenvalue weighted by molar-refractivity contribution is 7.21. The molecule has 3 heterocycles. The first kappa shape index (κ1) is 21.0. The monoisotopic (exact) mass is 451 g/mol. The van der Waals surface area contributed by atoms with Crippen LogP contribution in [0.5, 0.6) is 0 Å². The molecule has 0 bridgehead atoms. The van der Waals surface area contributed by atoms with Crippen LogP contribution in [-0.2, 0) is 12.7 Å². The number of hydrogen-bond donors (Lipinski definition) is 1. The number of thiophene rings is 1. The molecule has 4 rings (SSSR count). The van der Waals surface area contributed by atoms with Crippen molar-refractivity contribution in [3.05, 3.63) is 64.0 Å². The SMILES string of the molecule is O=C(NC1CCN(Cc2cccc(C(F)(F)F)c2)CC1)c1cnc(-c2cccs2)s1. The lowest BCUT2D eigenvalue weighted by Crippen LogP contribution is -2.44. The quantitative estimate of drug-likeness (QED) is 0.574. The zero-order valence-corrected chi connectivity index (χ0v) is 17.6. The van der Waals surface area contributed by atoms with E-state index in [0.29, 0.717) is 17.0 Å². The van der Waals surface area contributed by atoms with Gasteiger partial charge in [-0.15, -0.1) is 22.7 Å². The molecule has 1 aliphatic heterocycles. The molecule has 2 aromatic heterocycles. The summed E-state index contributed by atoms with van der Waals surface area (Å²) < 4.78 is 38.7. The molecular formula is C21H20F3N3OS2. The number of benzene rings is 1. The molecule has 0 atom stereocenters. The molecular weight excluding hydrogens is 431 g/mol. The van der Waals surface area contributed by atoms with Crippen LogP contribution >= 0.6 is 22.7 Å². The second kappa shape index (κ2) is 8.87. The molecule has 1 N–H and O–H groups in total. The predicted molar refractivity (Wildman–Crippen MR) is 113 cm³/mol.